The predicted molar refractivity (Wildman–Crippen MR) is 56.0 cm³/mol. The van der Waals surface area contributed by atoms with E-state index in [9.17, 15) is 5.11 Å². The van der Waals surface area contributed by atoms with E-state index >= 15 is 0 Å². The predicted octanol–water partition coefficient (Wildman–Crippen LogP) is 2.50. The van der Waals surface area contributed by atoms with Crippen molar-refractivity contribution in [2.45, 2.75) is 46.6 Å². The maximum absolute atomic E-state index is 9.39. The molecule has 1 atom stereocenters. The molecule has 0 fully saturated rings. The van der Waals surface area contributed by atoms with Crippen LogP contribution in [0.3, 0.4) is 0 Å². The Morgan fingerprint density at radius 3 is 1.36 bits per heavy atom. The van der Waals surface area contributed by atoms with Crippen LogP contribution in [0.4, 0.5) is 0 Å². The van der Waals surface area contributed by atoms with Crippen molar-refractivity contribution >= 4 is 9.90 Å². The van der Waals surface area contributed by atoms with Crippen molar-refractivity contribution in [2.75, 3.05) is 0 Å². The molecule has 11 heavy (non-hydrogen) atoms. The Morgan fingerprint density at radius 1 is 0.909 bits per heavy atom. The van der Waals surface area contributed by atoms with Crippen LogP contribution in [-0.2, 0) is 0 Å². The lowest BCUT2D eigenvalue weighted by Crippen LogP contribution is -2.12. The normalized spacial score (nSPS) is 10.9. The third-order valence-electron chi connectivity index (χ3n) is 1.49. The highest BCUT2D eigenvalue weighted by Gasteiger charge is 2.07. The van der Waals surface area contributed by atoms with Crippen LogP contribution in [0.5, 0.6) is 0 Å². The molecule has 0 aliphatic heterocycles. The first-order valence-corrected chi connectivity index (χ1v) is 4.20. The van der Waals surface area contributed by atoms with Gasteiger partial charge in [-0.15, -0.1) is 0 Å². The first-order chi connectivity index (χ1) is 4.52. The molecule has 1 unspecified atom stereocenters. The number of aliphatic hydroxyl groups is 1. The molecule has 0 amide bonds. The zero-order chi connectivity index (χ0) is 8.15. The fraction of sp³-hybridized carbons (Fsp3) is 1.00. The van der Waals surface area contributed by atoms with E-state index in [1.54, 1.807) is 0 Å². The fourth-order valence-corrected chi connectivity index (χ4v) is 1.18. The van der Waals surface area contributed by atoms with Crippen molar-refractivity contribution < 1.29 is 5.11 Å². The molecule has 1 nitrogen and oxygen atoms in total. The monoisotopic (exact) mass is 178 g/mol. The van der Waals surface area contributed by atoms with Gasteiger partial charge in [-0.05, 0) is 24.7 Å². The molecule has 0 aliphatic rings. The van der Waals surface area contributed by atoms with Gasteiger partial charge < -0.3 is 5.11 Å². The largest absolute Gasteiger partial charge is 0.393 e. The van der Waals surface area contributed by atoms with Gasteiger partial charge in [0.15, 0.2) is 0 Å². The van der Waals surface area contributed by atoms with E-state index in [1.165, 1.54) is 0 Å². The Labute approximate surface area is 74.2 Å². The van der Waals surface area contributed by atoms with Crippen molar-refractivity contribution in [3.8, 4) is 0 Å². The van der Waals surface area contributed by atoms with Gasteiger partial charge in [0, 0.05) is 0 Å². The summed E-state index contributed by atoms with van der Waals surface area (Å²) in [5.74, 6) is 1.24. The summed E-state index contributed by atoms with van der Waals surface area (Å²) in [5.41, 5.74) is 0. The molecule has 0 rings (SSSR count). The van der Waals surface area contributed by atoms with Crippen molar-refractivity contribution in [2.24, 2.45) is 11.8 Å². The second-order valence-corrected chi connectivity index (χ2v) is 3.91. The lowest BCUT2D eigenvalue weighted by Gasteiger charge is -2.14. The average Bonchev–Trinajstić information content (AvgIpc) is 1.58. The molecule has 0 aromatic rings. The molecule has 0 spiro atoms. The number of hydrogen-bond donors (Lipinski definition) is 1. The zero-order valence-electron chi connectivity index (χ0n) is 8.30. The first-order valence-electron chi connectivity index (χ1n) is 4.20. The molecular weight excluding hydrogens is 155 g/mol. The van der Waals surface area contributed by atoms with E-state index in [0.29, 0.717) is 11.8 Å². The summed E-state index contributed by atoms with van der Waals surface area (Å²) < 4.78 is 0. The SMILES string of the molecule is CC(C)CC(O)CC(C)C.P. The standard InChI is InChI=1S/C9H20O.H3P/c1-7(2)5-9(10)6-8(3)4;/h7-10H,5-6H2,1-4H3;1H3. The third kappa shape index (κ3) is 10.4. The van der Waals surface area contributed by atoms with Crippen molar-refractivity contribution in [3.63, 3.8) is 0 Å². The van der Waals surface area contributed by atoms with Gasteiger partial charge in [-0.3, -0.25) is 0 Å². The Bertz CT molecular complexity index is 71.6. The Balaban J connectivity index is 0. The topological polar surface area (TPSA) is 20.2 Å². The van der Waals surface area contributed by atoms with Gasteiger partial charge in [0.25, 0.3) is 0 Å². The molecule has 0 saturated heterocycles. The second kappa shape index (κ2) is 7.06. The van der Waals surface area contributed by atoms with E-state index in [1.807, 2.05) is 0 Å². The van der Waals surface area contributed by atoms with E-state index < -0.39 is 0 Å². The fourth-order valence-electron chi connectivity index (χ4n) is 1.18. The minimum absolute atomic E-state index is 0. The van der Waals surface area contributed by atoms with Crippen LogP contribution >= 0.6 is 9.90 Å². The Morgan fingerprint density at radius 2 is 1.18 bits per heavy atom. The molecule has 0 radical (unpaired) electrons. The van der Waals surface area contributed by atoms with Crippen LogP contribution in [0.1, 0.15) is 40.5 Å². The number of rotatable bonds is 4. The van der Waals surface area contributed by atoms with Gasteiger partial charge in [0.2, 0.25) is 0 Å². The van der Waals surface area contributed by atoms with E-state index in [2.05, 4.69) is 27.7 Å². The minimum Gasteiger partial charge on any atom is -0.393 e. The molecule has 0 saturated carbocycles. The van der Waals surface area contributed by atoms with Crippen LogP contribution in [0, 0.1) is 11.8 Å². The van der Waals surface area contributed by atoms with Gasteiger partial charge in [-0.2, -0.15) is 9.90 Å². The van der Waals surface area contributed by atoms with Crippen LogP contribution in [0.15, 0.2) is 0 Å². The maximum Gasteiger partial charge on any atom is 0.0545 e. The number of hydrogen-bond acceptors (Lipinski definition) is 1. The van der Waals surface area contributed by atoms with Crippen molar-refractivity contribution in [3.05, 3.63) is 0 Å². The summed E-state index contributed by atoms with van der Waals surface area (Å²) in [4.78, 5) is 0. The van der Waals surface area contributed by atoms with E-state index in [-0.39, 0.29) is 16.0 Å². The second-order valence-electron chi connectivity index (χ2n) is 3.91. The lowest BCUT2D eigenvalue weighted by atomic mass is 9.98. The zero-order valence-corrected chi connectivity index (χ0v) is 9.71. The highest BCUT2D eigenvalue weighted by molar-refractivity contribution is 6.92. The molecule has 0 aromatic heterocycles. The van der Waals surface area contributed by atoms with Gasteiger partial charge in [0.1, 0.15) is 0 Å². The van der Waals surface area contributed by atoms with Crippen LogP contribution in [-0.4, -0.2) is 11.2 Å². The molecule has 0 aromatic carbocycles. The lowest BCUT2D eigenvalue weighted by molar-refractivity contribution is 0.125. The quantitative estimate of drug-likeness (QED) is 0.656. The molecule has 0 aliphatic carbocycles. The minimum atomic E-state index is -0.0833. The maximum atomic E-state index is 9.39. The highest BCUT2D eigenvalue weighted by atomic mass is 31.0. The summed E-state index contributed by atoms with van der Waals surface area (Å²) in [7, 11) is 0. The highest BCUT2D eigenvalue weighted by Crippen LogP contribution is 2.12. The summed E-state index contributed by atoms with van der Waals surface area (Å²) in [5, 5.41) is 9.39. The van der Waals surface area contributed by atoms with Crippen LogP contribution in [0.25, 0.3) is 0 Å². The van der Waals surface area contributed by atoms with E-state index in [4.69, 9.17) is 0 Å². The van der Waals surface area contributed by atoms with Gasteiger partial charge in [-0.1, -0.05) is 27.7 Å². The van der Waals surface area contributed by atoms with Crippen LogP contribution < -0.4 is 0 Å². The Kier molecular flexibility index (Phi) is 8.95. The summed E-state index contributed by atoms with van der Waals surface area (Å²) in [6.07, 6.45) is 1.80. The van der Waals surface area contributed by atoms with Crippen molar-refractivity contribution in [1.82, 2.24) is 0 Å². The summed E-state index contributed by atoms with van der Waals surface area (Å²) in [6, 6.07) is 0. The van der Waals surface area contributed by atoms with E-state index in [0.717, 1.165) is 12.8 Å². The first kappa shape index (κ1) is 13.9. The van der Waals surface area contributed by atoms with Gasteiger partial charge in [0.05, 0.1) is 6.10 Å². The van der Waals surface area contributed by atoms with Gasteiger partial charge in [-0.25, -0.2) is 0 Å². The number of aliphatic hydroxyl groups excluding tert-OH is 1. The molecular formula is C9H23OP. The molecule has 2 heteroatoms. The molecule has 0 bridgehead atoms. The molecule has 70 valence electrons. The third-order valence-corrected chi connectivity index (χ3v) is 1.49. The summed E-state index contributed by atoms with van der Waals surface area (Å²) >= 11 is 0. The van der Waals surface area contributed by atoms with Crippen molar-refractivity contribution in [1.29, 1.82) is 0 Å². The van der Waals surface area contributed by atoms with Gasteiger partial charge >= 0.3 is 0 Å². The summed E-state index contributed by atoms with van der Waals surface area (Å²) in [6.45, 7) is 8.57. The average molecular weight is 178 g/mol. The van der Waals surface area contributed by atoms with Crippen LogP contribution in [0.2, 0.25) is 0 Å². The smallest absolute Gasteiger partial charge is 0.0545 e. The molecule has 1 N–H and O–H groups in total. The Hall–Kier alpha value is 0.390. The molecule has 0 heterocycles.